The molecule has 1 amide bonds. The van der Waals surface area contributed by atoms with Gasteiger partial charge in [-0.2, -0.15) is 0 Å². The standard InChI is InChI=1S/C15H15NO3S/c1-10-4-2-3-5-11(10)8-9-16-14(17)12-6-7-13(20-12)15(18)19/h2-7H,8-9H2,1H3,(H,16,17)(H,18,19). The van der Waals surface area contributed by atoms with Crippen molar-refractivity contribution in [2.24, 2.45) is 0 Å². The highest BCUT2D eigenvalue weighted by Crippen LogP contribution is 2.16. The number of amides is 1. The summed E-state index contributed by atoms with van der Waals surface area (Å²) in [6.45, 7) is 2.57. The fourth-order valence-electron chi connectivity index (χ4n) is 1.86. The van der Waals surface area contributed by atoms with E-state index in [1.165, 1.54) is 23.3 Å². The predicted octanol–water partition coefficient (Wildman–Crippen LogP) is 2.73. The lowest BCUT2D eigenvalue weighted by molar-refractivity contribution is 0.0702. The molecule has 0 bridgehead atoms. The lowest BCUT2D eigenvalue weighted by Crippen LogP contribution is -2.25. The molecule has 0 saturated heterocycles. The molecular formula is C15H15NO3S. The number of carbonyl (C=O) groups is 2. The second kappa shape index (κ2) is 6.34. The molecule has 0 fully saturated rings. The van der Waals surface area contributed by atoms with Crippen molar-refractivity contribution in [1.82, 2.24) is 5.32 Å². The molecule has 0 spiro atoms. The molecule has 2 N–H and O–H groups in total. The van der Waals surface area contributed by atoms with E-state index in [1.54, 1.807) is 0 Å². The van der Waals surface area contributed by atoms with E-state index in [9.17, 15) is 9.59 Å². The summed E-state index contributed by atoms with van der Waals surface area (Å²) in [4.78, 5) is 23.2. The maximum atomic E-state index is 11.9. The molecule has 0 unspecified atom stereocenters. The van der Waals surface area contributed by atoms with Gasteiger partial charge < -0.3 is 10.4 Å². The van der Waals surface area contributed by atoms with Crippen LogP contribution in [0.4, 0.5) is 0 Å². The molecule has 2 rings (SSSR count). The minimum absolute atomic E-state index is 0.175. The monoisotopic (exact) mass is 289 g/mol. The van der Waals surface area contributed by atoms with Crippen LogP contribution in [0.3, 0.4) is 0 Å². The lowest BCUT2D eigenvalue weighted by atomic mass is 10.1. The van der Waals surface area contributed by atoms with Crippen LogP contribution in [-0.2, 0) is 6.42 Å². The fourth-order valence-corrected chi connectivity index (χ4v) is 2.62. The number of carboxylic acids is 1. The van der Waals surface area contributed by atoms with Gasteiger partial charge in [0.15, 0.2) is 0 Å². The van der Waals surface area contributed by atoms with Crippen LogP contribution in [0.25, 0.3) is 0 Å². The Labute approximate surface area is 121 Å². The summed E-state index contributed by atoms with van der Waals surface area (Å²) < 4.78 is 0. The van der Waals surface area contributed by atoms with Gasteiger partial charge in [0, 0.05) is 6.54 Å². The number of benzene rings is 1. The van der Waals surface area contributed by atoms with Crippen LogP contribution in [0, 0.1) is 6.92 Å². The molecule has 5 heteroatoms. The molecule has 0 atom stereocenters. The number of thiophene rings is 1. The first kappa shape index (κ1) is 14.3. The topological polar surface area (TPSA) is 66.4 Å². The molecule has 4 nitrogen and oxygen atoms in total. The number of hydrogen-bond donors (Lipinski definition) is 2. The molecular weight excluding hydrogens is 274 g/mol. The van der Waals surface area contributed by atoms with Gasteiger partial charge in [-0.05, 0) is 36.6 Å². The van der Waals surface area contributed by atoms with E-state index in [0.29, 0.717) is 11.4 Å². The van der Waals surface area contributed by atoms with Gasteiger partial charge in [-0.15, -0.1) is 11.3 Å². The van der Waals surface area contributed by atoms with Crippen LogP contribution in [0.5, 0.6) is 0 Å². The molecule has 104 valence electrons. The SMILES string of the molecule is Cc1ccccc1CCNC(=O)c1ccc(C(=O)O)s1. The van der Waals surface area contributed by atoms with E-state index >= 15 is 0 Å². The van der Waals surface area contributed by atoms with E-state index in [2.05, 4.69) is 5.32 Å². The van der Waals surface area contributed by atoms with Crippen LogP contribution < -0.4 is 5.32 Å². The average molecular weight is 289 g/mol. The number of hydrogen-bond acceptors (Lipinski definition) is 3. The van der Waals surface area contributed by atoms with Crippen molar-refractivity contribution in [3.63, 3.8) is 0 Å². The molecule has 2 aromatic rings. The number of carboxylic acid groups (broad SMARTS) is 1. The molecule has 0 aliphatic rings. The van der Waals surface area contributed by atoms with E-state index < -0.39 is 5.97 Å². The third-order valence-electron chi connectivity index (χ3n) is 2.98. The second-order valence-electron chi connectivity index (χ2n) is 4.40. The number of rotatable bonds is 5. The van der Waals surface area contributed by atoms with Crippen molar-refractivity contribution in [2.45, 2.75) is 13.3 Å². The number of carbonyl (C=O) groups excluding carboxylic acids is 1. The van der Waals surface area contributed by atoms with Gasteiger partial charge in [-0.3, -0.25) is 4.79 Å². The van der Waals surface area contributed by atoms with Crippen LogP contribution in [-0.4, -0.2) is 23.5 Å². The van der Waals surface area contributed by atoms with Gasteiger partial charge in [0.25, 0.3) is 5.91 Å². The highest BCUT2D eigenvalue weighted by molar-refractivity contribution is 7.15. The van der Waals surface area contributed by atoms with Crippen LogP contribution >= 0.6 is 11.3 Å². The summed E-state index contributed by atoms with van der Waals surface area (Å²) in [6, 6.07) is 11.0. The van der Waals surface area contributed by atoms with Crippen LogP contribution in [0.1, 0.15) is 30.5 Å². The summed E-state index contributed by atoms with van der Waals surface area (Å²) in [5.41, 5.74) is 2.40. The third-order valence-corrected chi connectivity index (χ3v) is 4.05. The molecule has 0 saturated carbocycles. The Morgan fingerprint density at radius 3 is 2.50 bits per heavy atom. The maximum absolute atomic E-state index is 11.9. The van der Waals surface area contributed by atoms with Crippen molar-refractivity contribution in [1.29, 1.82) is 0 Å². The first-order valence-corrected chi connectivity index (χ1v) is 7.05. The summed E-state index contributed by atoms with van der Waals surface area (Å²) in [7, 11) is 0. The van der Waals surface area contributed by atoms with E-state index in [4.69, 9.17) is 5.11 Å². The van der Waals surface area contributed by atoms with Gasteiger partial charge in [0.2, 0.25) is 0 Å². The summed E-state index contributed by atoms with van der Waals surface area (Å²) in [5, 5.41) is 11.6. The number of nitrogens with one attached hydrogen (secondary N) is 1. The number of aromatic carboxylic acids is 1. The van der Waals surface area contributed by atoms with Gasteiger partial charge in [-0.25, -0.2) is 4.79 Å². The first-order chi connectivity index (χ1) is 9.58. The van der Waals surface area contributed by atoms with Crippen molar-refractivity contribution in [2.75, 3.05) is 6.54 Å². The van der Waals surface area contributed by atoms with Gasteiger partial charge in [0.05, 0.1) is 4.88 Å². The Morgan fingerprint density at radius 1 is 1.15 bits per heavy atom. The molecule has 0 aliphatic carbocycles. The van der Waals surface area contributed by atoms with Crippen molar-refractivity contribution in [3.05, 3.63) is 57.3 Å². The van der Waals surface area contributed by atoms with Gasteiger partial charge >= 0.3 is 5.97 Å². The van der Waals surface area contributed by atoms with E-state index in [-0.39, 0.29) is 10.8 Å². The van der Waals surface area contributed by atoms with Crippen molar-refractivity contribution < 1.29 is 14.7 Å². The van der Waals surface area contributed by atoms with Crippen molar-refractivity contribution >= 4 is 23.2 Å². The highest BCUT2D eigenvalue weighted by Gasteiger charge is 2.12. The normalized spacial score (nSPS) is 10.2. The summed E-state index contributed by atoms with van der Waals surface area (Å²) in [6.07, 6.45) is 0.760. The zero-order valence-corrected chi connectivity index (χ0v) is 11.9. The van der Waals surface area contributed by atoms with Crippen LogP contribution in [0.15, 0.2) is 36.4 Å². The molecule has 0 aliphatic heterocycles. The minimum Gasteiger partial charge on any atom is -0.477 e. The van der Waals surface area contributed by atoms with Crippen molar-refractivity contribution in [3.8, 4) is 0 Å². The number of aryl methyl sites for hydroxylation is 1. The Hall–Kier alpha value is -2.14. The van der Waals surface area contributed by atoms with E-state index in [1.807, 2.05) is 31.2 Å². The Balaban J connectivity index is 1.89. The Morgan fingerprint density at radius 2 is 1.85 bits per heavy atom. The fraction of sp³-hybridized carbons (Fsp3) is 0.200. The average Bonchev–Trinajstić information content (AvgIpc) is 2.91. The first-order valence-electron chi connectivity index (χ1n) is 6.24. The van der Waals surface area contributed by atoms with Gasteiger partial charge in [0.1, 0.15) is 4.88 Å². The van der Waals surface area contributed by atoms with Gasteiger partial charge in [-0.1, -0.05) is 24.3 Å². The smallest absolute Gasteiger partial charge is 0.345 e. The molecule has 1 aromatic carbocycles. The quantitative estimate of drug-likeness (QED) is 0.889. The Kier molecular flexibility index (Phi) is 4.53. The minimum atomic E-state index is -1.01. The Bertz CT molecular complexity index is 634. The predicted molar refractivity (Wildman–Crippen MR) is 78.5 cm³/mol. The lowest BCUT2D eigenvalue weighted by Gasteiger charge is -2.06. The third kappa shape index (κ3) is 3.45. The summed E-state index contributed by atoms with van der Waals surface area (Å²) in [5.74, 6) is -1.23. The zero-order valence-electron chi connectivity index (χ0n) is 11.1. The maximum Gasteiger partial charge on any atom is 0.345 e. The zero-order chi connectivity index (χ0) is 14.5. The molecule has 1 heterocycles. The van der Waals surface area contributed by atoms with Crippen LogP contribution in [0.2, 0.25) is 0 Å². The van der Waals surface area contributed by atoms with E-state index in [0.717, 1.165) is 17.8 Å². The molecule has 20 heavy (non-hydrogen) atoms. The molecule has 1 aromatic heterocycles. The summed E-state index contributed by atoms with van der Waals surface area (Å²) >= 11 is 0.987. The second-order valence-corrected chi connectivity index (χ2v) is 5.49. The molecule has 0 radical (unpaired) electrons. The highest BCUT2D eigenvalue weighted by atomic mass is 32.1. The largest absolute Gasteiger partial charge is 0.477 e.